The third-order valence-electron chi connectivity index (χ3n) is 3.53. The van der Waals surface area contributed by atoms with E-state index in [0.717, 1.165) is 16.1 Å². The van der Waals surface area contributed by atoms with E-state index >= 15 is 0 Å². The lowest BCUT2D eigenvalue weighted by atomic mass is 10.1. The van der Waals surface area contributed by atoms with E-state index in [2.05, 4.69) is 10.2 Å². The Morgan fingerprint density at radius 2 is 1.96 bits per heavy atom. The zero-order valence-corrected chi connectivity index (χ0v) is 13.8. The first-order valence-electron chi connectivity index (χ1n) is 7.31. The highest BCUT2D eigenvalue weighted by Crippen LogP contribution is 2.32. The highest BCUT2D eigenvalue weighted by molar-refractivity contribution is 7.99. The lowest BCUT2D eigenvalue weighted by molar-refractivity contribution is 0.0696. The summed E-state index contributed by atoms with van der Waals surface area (Å²) in [6.45, 7) is 2.19. The number of nitrogens with two attached hydrogens (primary N) is 1. The number of aryl methyl sites for hydroxylation is 1. The van der Waals surface area contributed by atoms with Crippen LogP contribution in [-0.4, -0.2) is 25.8 Å². The van der Waals surface area contributed by atoms with Crippen LogP contribution in [0.15, 0.2) is 58.6 Å². The van der Waals surface area contributed by atoms with Crippen LogP contribution in [0.3, 0.4) is 0 Å². The van der Waals surface area contributed by atoms with Crippen molar-refractivity contribution in [1.82, 2.24) is 14.8 Å². The quantitative estimate of drug-likeness (QED) is 0.742. The molecule has 0 radical (unpaired) electrons. The van der Waals surface area contributed by atoms with Crippen LogP contribution >= 0.6 is 11.8 Å². The molecule has 2 aromatic carbocycles. The Kier molecular flexibility index (Phi) is 4.64. The van der Waals surface area contributed by atoms with E-state index in [-0.39, 0.29) is 12.1 Å². The number of hydrogen-bond donors (Lipinski definition) is 2. The first-order chi connectivity index (χ1) is 11.6. The molecule has 0 fully saturated rings. The number of aromatic nitrogens is 3. The van der Waals surface area contributed by atoms with Gasteiger partial charge in [-0.25, -0.2) is 4.79 Å². The Morgan fingerprint density at radius 3 is 2.62 bits per heavy atom. The molecule has 0 saturated carbocycles. The average molecular weight is 340 g/mol. The second kappa shape index (κ2) is 6.86. The smallest absolute Gasteiger partial charge is 0.335 e. The van der Waals surface area contributed by atoms with Crippen LogP contribution in [0, 0.1) is 6.92 Å². The summed E-state index contributed by atoms with van der Waals surface area (Å²) >= 11 is 1.37. The molecule has 0 spiro atoms. The number of hydrogen-bond acceptors (Lipinski definition) is 5. The van der Waals surface area contributed by atoms with Gasteiger partial charge in [0.25, 0.3) is 0 Å². The van der Waals surface area contributed by atoms with Crippen molar-refractivity contribution in [1.29, 1.82) is 0 Å². The van der Waals surface area contributed by atoms with Crippen molar-refractivity contribution in [3.05, 3.63) is 65.5 Å². The van der Waals surface area contributed by atoms with Crippen LogP contribution in [0.25, 0.3) is 5.69 Å². The fraction of sp³-hybridized carbons (Fsp3) is 0.118. The van der Waals surface area contributed by atoms with Gasteiger partial charge in [0.15, 0.2) is 5.82 Å². The Hall–Kier alpha value is -2.64. The van der Waals surface area contributed by atoms with Crippen molar-refractivity contribution in [2.45, 2.75) is 23.5 Å². The van der Waals surface area contributed by atoms with Gasteiger partial charge in [-0.1, -0.05) is 24.3 Å². The van der Waals surface area contributed by atoms with Gasteiger partial charge in [0.05, 0.1) is 12.1 Å². The normalized spacial score (nSPS) is 10.8. The molecule has 0 aliphatic heterocycles. The van der Waals surface area contributed by atoms with Crippen molar-refractivity contribution < 1.29 is 9.90 Å². The molecule has 7 heteroatoms. The zero-order valence-electron chi connectivity index (χ0n) is 13.0. The summed E-state index contributed by atoms with van der Waals surface area (Å²) < 4.78 is 1.89. The minimum Gasteiger partial charge on any atom is -0.478 e. The predicted molar refractivity (Wildman–Crippen MR) is 91.5 cm³/mol. The number of carboxylic acids is 1. The molecule has 6 nitrogen and oxygen atoms in total. The molecule has 1 aromatic heterocycles. The molecule has 0 bridgehead atoms. The summed E-state index contributed by atoms with van der Waals surface area (Å²) in [7, 11) is 0. The molecule has 3 rings (SSSR count). The average Bonchev–Trinajstić information content (AvgIpc) is 3.00. The summed E-state index contributed by atoms with van der Waals surface area (Å²) in [5.74, 6) is -0.306. The molecular weight excluding hydrogens is 324 g/mol. The number of aromatic carboxylic acids is 1. The van der Waals surface area contributed by atoms with Gasteiger partial charge in [0.2, 0.25) is 5.16 Å². The Labute approximate surface area is 143 Å². The molecule has 122 valence electrons. The van der Waals surface area contributed by atoms with Crippen LogP contribution in [0.2, 0.25) is 0 Å². The van der Waals surface area contributed by atoms with E-state index in [1.807, 2.05) is 41.8 Å². The molecule has 0 aliphatic rings. The second-order valence-corrected chi connectivity index (χ2v) is 6.17. The van der Waals surface area contributed by atoms with Gasteiger partial charge in [0, 0.05) is 10.6 Å². The maximum absolute atomic E-state index is 11.2. The zero-order chi connectivity index (χ0) is 17.1. The molecule has 24 heavy (non-hydrogen) atoms. The van der Waals surface area contributed by atoms with Crippen LogP contribution in [-0.2, 0) is 6.54 Å². The van der Waals surface area contributed by atoms with Gasteiger partial charge in [0.1, 0.15) is 0 Å². The van der Waals surface area contributed by atoms with Crippen molar-refractivity contribution in [3.63, 3.8) is 0 Å². The second-order valence-electron chi connectivity index (χ2n) is 5.16. The maximum atomic E-state index is 11.2. The van der Waals surface area contributed by atoms with Crippen LogP contribution < -0.4 is 5.73 Å². The number of carboxylic acid groups (broad SMARTS) is 1. The highest BCUT2D eigenvalue weighted by atomic mass is 32.2. The minimum atomic E-state index is -0.955. The molecular formula is C17H16N4O2S. The van der Waals surface area contributed by atoms with E-state index in [0.29, 0.717) is 11.0 Å². The van der Waals surface area contributed by atoms with Crippen LogP contribution in [0.5, 0.6) is 0 Å². The number of carbonyl (C=O) groups is 1. The van der Waals surface area contributed by atoms with Crippen molar-refractivity contribution in [2.75, 3.05) is 0 Å². The molecule has 0 aliphatic carbocycles. The van der Waals surface area contributed by atoms with Crippen molar-refractivity contribution in [3.8, 4) is 5.69 Å². The SMILES string of the molecule is Cc1ccc(C(=O)O)cc1Sc1nnc(CN)n1-c1ccccc1. The Bertz CT molecular complexity index is 878. The number of nitrogens with zero attached hydrogens (tertiary/aromatic N) is 3. The summed E-state index contributed by atoms with van der Waals surface area (Å²) in [4.78, 5) is 12.0. The van der Waals surface area contributed by atoms with Crippen molar-refractivity contribution >= 4 is 17.7 Å². The Balaban J connectivity index is 2.04. The molecule has 3 N–H and O–H groups in total. The number of rotatable bonds is 5. The van der Waals surface area contributed by atoms with E-state index in [4.69, 9.17) is 5.73 Å². The molecule has 0 amide bonds. The minimum absolute atomic E-state index is 0.243. The molecule has 0 atom stereocenters. The fourth-order valence-corrected chi connectivity index (χ4v) is 3.27. The summed E-state index contributed by atoms with van der Waals surface area (Å²) in [6.07, 6.45) is 0. The van der Waals surface area contributed by atoms with Crippen LogP contribution in [0.4, 0.5) is 0 Å². The monoisotopic (exact) mass is 340 g/mol. The van der Waals surface area contributed by atoms with Gasteiger partial charge in [-0.15, -0.1) is 10.2 Å². The molecule has 0 unspecified atom stereocenters. The topological polar surface area (TPSA) is 94.0 Å². The van der Waals surface area contributed by atoms with Gasteiger partial charge < -0.3 is 10.8 Å². The number of benzene rings is 2. The first kappa shape index (κ1) is 16.2. The van der Waals surface area contributed by atoms with E-state index in [1.165, 1.54) is 11.8 Å². The fourth-order valence-electron chi connectivity index (χ4n) is 2.28. The van der Waals surface area contributed by atoms with Gasteiger partial charge in [-0.05, 0) is 48.5 Å². The van der Waals surface area contributed by atoms with Crippen molar-refractivity contribution in [2.24, 2.45) is 5.73 Å². The van der Waals surface area contributed by atoms with Crippen LogP contribution in [0.1, 0.15) is 21.7 Å². The predicted octanol–water partition coefficient (Wildman–Crippen LogP) is 2.88. The molecule has 3 aromatic rings. The summed E-state index contributed by atoms with van der Waals surface area (Å²) in [6, 6.07) is 14.7. The number of para-hydroxylation sites is 1. The lowest BCUT2D eigenvalue weighted by Gasteiger charge is -2.10. The van der Waals surface area contributed by atoms with E-state index in [9.17, 15) is 9.90 Å². The van der Waals surface area contributed by atoms with Gasteiger partial charge in [-0.2, -0.15) is 0 Å². The molecule has 1 heterocycles. The third kappa shape index (κ3) is 3.17. The summed E-state index contributed by atoms with van der Waals surface area (Å²) in [5.41, 5.74) is 7.91. The largest absolute Gasteiger partial charge is 0.478 e. The Morgan fingerprint density at radius 1 is 1.21 bits per heavy atom. The standard InChI is InChI=1S/C17H16N4O2S/c1-11-7-8-12(16(22)23)9-14(11)24-17-20-19-15(10-18)21(17)13-5-3-2-4-6-13/h2-9H,10,18H2,1H3,(H,22,23). The maximum Gasteiger partial charge on any atom is 0.335 e. The van der Waals surface area contributed by atoms with Gasteiger partial charge >= 0.3 is 5.97 Å². The first-order valence-corrected chi connectivity index (χ1v) is 8.13. The highest BCUT2D eigenvalue weighted by Gasteiger charge is 2.16. The van der Waals surface area contributed by atoms with Gasteiger partial charge in [-0.3, -0.25) is 4.57 Å². The lowest BCUT2D eigenvalue weighted by Crippen LogP contribution is -2.07. The third-order valence-corrected chi connectivity index (χ3v) is 4.64. The molecule has 0 saturated heterocycles. The van der Waals surface area contributed by atoms with E-state index < -0.39 is 5.97 Å². The summed E-state index contributed by atoms with van der Waals surface area (Å²) in [5, 5.41) is 18.2. The van der Waals surface area contributed by atoms with E-state index in [1.54, 1.807) is 18.2 Å².